The Labute approximate surface area is 232 Å². The van der Waals surface area contributed by atoms with Crippen molar-refractivity contribution in [2.24, 2.45) is 0 Å². The average molecular weight is 567 g/mol. The van der Waals surface area contributed by atoms with E-state index in [2.05, 4.69) is 29.9 Å². The molecule has 9 nitrogen and oxygen atoms in total. The highest BCUT2D eigenvalue weighted by molar-refractivity contribution is 6.34. The quantitative estimate of drug-likeness (QED) is 0.198. The van der Waals surface area contributed by atoms with E-state index in [1.165, 1.54) is 12.4 Å². The van der Waals surface area contributed by atoms with Crippen LogP contribution in [0.3, 0.4) is 0 Å². The fourth-order valence-corrected chi connectivity index (χ4v) is 3.92. The van der Waals surface area contributed by atoms with Crippen LogP contribution in [0.25, 0.3) is 32.7 Å². The number of nitrogens with zero attached hydrogens (tertiary/aromatic N) is 6. The largest absolute Gasteiger partial charge is 0.569 e. The number of fused-ring (bicyclic) bond motifs is 3. The zero-order valence-corrected chi connectivity index (χ0v) is 21.9. The van der Waals surface area contributed by atoms with Gasteiger partial charge in [-0.05, 0) is 48.9 Å². The average Bonchev–Trinajstić information content (AvgIpc) is 2.90. The molecule has 6 aromatic heterocycles. The summed E-state index contributed by atoms with van der Waals surface area (Å²) >= 11 is 17.4. The Kier molecular flexibility index (Phi) is 9.04. The van der Waals surface area contributed by atoms with Crippen LogP contribution in [-0.2, 0) is 0 Å². The van der Waals surface area contributed by atoms with Gasteiger partial charge in [0.05, 0.1) is 12.4 Å². The predicted octanol–water partition coefficient (Wildman–Crippen LogP) is 5.77. The molecule has 0 saturated heterocycles. The van der Waals surface area contributed by atoms with Crippen LogP contribution in [0.1, 0.15) is 5.56 Å². The topological polar surface area (TPSA) is 127 Å². The van der Waals surface area contributed by atoms with Crippen molar-refractivity contribution in [1.82, 2.24) is 29.9 Å². The molecule has 1 radical (unpaired) electrons. The Morgan fingerprint density at radius 1 is 0.658 bits per heavy atom. The van der Waals surface area contributed by atoms with Crippen LogP contribution in [0, 0.1) is 6.92 Å². The lowest BCUT2D eigenvalue weighted by molar-refractivity contribution is 0.453. The van der Waals surface area contributed by atoms with E-state index in [0.717, 1.165) is 27.2 Å². The summed E-state index contributed by atoms with van der Waals surface area (Å²) in [5, 5.41) is 21.3. The van der Waals surface area contributed by atoms with E-state index in [-0.39, 0.29) is 5.75 Å². The summed E-state index contributed by atoms with van der Waals surface area (Å²) in [6, 6.07) is 10.8. The van der Waals surface area contributed by atoms with Crippen LogP contribution in [-0.4, -0.2) is 47.7 Å². The summed E-state index contributed by atoms with van der Waals surface area (Å²) < 4.78 is 4.76. The van der Waals surface area contributed by atoms with Gasteiger partial charge in [-0.15, -0.1) is 0 Å². The highest BCUT2D eigenvalue weighted by atomic mass is 35.5. The molecule has 0 aromatic carbocycles. The summed E-state index contributed by atoms with van der Waals surface area (Å²) in [5.41, 5.74) is 3.12. The maximum absolute atomic E-state index is 9.10. The molecule has 0 fully saturated rings. The minimum Gasteiger partial charge on any atom is -0.536 e. The first-order chi connectivity index (χ1) is 18.4. The Balaban J connectivity index is 0.000000133. The van der Waals surface area contributed by atoms with Gasteiger partial charge in [-0.3, -0.25) is 4.98 Å². The molecule has 0 aliphatic carbocycles. The lowest BCUT2D eigenvalue weighted by Gasteiger charge is -2.02. The molecule has 0 aliphatic heterocycles. The first-order valence-electron chi connectivity index (χ1n) is 10.8. The van der Waals surface area contributed by atoms with Gasteiger partial charge in [0.1, 0.15) is 28.0 Å². The fraction of sp³-hybridized carbons (Fsp3) is 0.0400. The van der Waals surface area contributed by atoms with Crippen molar-refractivity contribution in [3.63, 3.8) is 0 Å². The molecule has 6 aromatic rings. The molecule has 0 amide bonds. The van der Waals surface area contributed by atoms with Gasteiger partial charge in [0.2, 0.25) is 0 Å². The Morgan fingerprint density at radius 3 is 1.68 bits per heavy atom. The maximum atomic E-state index is 9.10. The minimum absolute atomic E-state index is 0.129. The number of hydrogen-bond donors (Lipinski definition) is 2. The van der Waals surface area contributed by atoms with Crippen molar-refractivity contribution in [3.8, 4) is 11.5 Å². The fourth-order valence-electron chi connectivity index (χ4n) is 3.28. The van der Waals surface area contributed by atoms with Gasteiger partial charge in [-0.2, -0.15) is 0 Å². The van der Waals surface area contributed by atoms with E-state index in [9.17, 15) is 0 Å². The number of rotatable bonds is 2. The van der Waals surface area contributed by atoms with Gasteiger partial charge >= 0.3 is 7.69 Å². The van der Waals surface area contributed by atoms with E-state index in [0.29, 0.717) is 39.9 Å². The van der Waals surface area contributed by atoms with Crippen LogP contribution >= 0.6 is 34.8 Å². The van der Waals surface area contributed by atoms with Crippen molar-refractivity contribution in [3.05, 3.63) is 94.6 Å². The molecule has 0 bridgehead atoms. The highest BCUT2D eigenvalue weighted by Crippen LogP contribution is 2.23. The lowest BCUT2D eigenvalue weighted by atomic mass is 10.2. The first kappa shape index (κ1) is 27.2. The number of aromatic hydroxyl groups is 1. The van der Waals surface area contributed by atoms with Gasteiger partial charge in [-0.1, -0.05) is 34.8 Å². The molecule has 6 heterocycles. The van der Waals surface area contributed by atoms with Crippen molar-refractivity contribution < 1.29 is 14.8 Å². The standard InChI is InChI=1S/C9H7ClN2.C8H5BClN2O2.C8H5ClN2O/c1-6-4-7-2-3-11-9(10)8(7)12-5-6;10-8-7-5(1-2-11-8)3-6(4-12-7)14-9-13;9-8-7-5(1-2-10-8)3-6(12)4-11-7/h2-5H,1H3;1-4,13H;1-4,12H. The molecule has 38 heavy (non-hydrogen) atoms. The van der Waals surface area contributed by atoms with E-state index in [1.54, 1.807) is 49.1 Å². The molecular formula is C25H17BCl3N6O3. The normalized spacial score (nSPS) is 10.3. The third kappa shape index (κ3) is 6.73. The molecule has 0 spiro atoms. The van der Waals surface area contributed by atoms with Gasteiger partial charge in [0.15, 0.2) is 15.5 Å². The highest BCUT2D eigenvalue weighted by Gasteiger charge is 2.03. The molecule has 13 heteroatoms. The number of hydrogen-bond acceptors (Lipinski definition) is 9. The van der Waals surface area contributed by atoms with E-state index < -0.39 is 0 Å². The monoisotopic (exact) mass is 565 g/mol. The number of halogens is 3. The van der Waals surface area contributed by atoms with Crippen LogP contribution in [0.2, 0.25) is 15.5 Å². The zero-order valence-electron chi connectivity index (χ0n) is 19.6. The van der Waals surface area contributed by atoms with Crippen molar-refractivity contribution in [2.75, 3.05) is 0 Å². The zero-order chi connectivity index (χ0) is 27.1. The molecule has 6 rings (SSSR count). The Morgan fingerprint density at radius 2 is 1.13 bits per heavy atom. The summed E-state index contributed by atoms with van der Waals surface area (Å²) in [7, 11) is 0.603. The van der Waals surface area contributed by atoms with Crippen molar-refractivity contribution >= 4 is 75.2 Å². The van der Waals surface area contributed by atoms with Crippen molar-refractivity contribution in [1.29, 1.82) is 0 Å². The SMILES string of the molecule is Cc1cnc2c(Cl)nccc2c1.O[B]Oc1cnc2c(Cl)nccc2c1.Oc1cnc2c(Cl)nccc2c1. The van der Waals surface area contributed by atoms with Crippen molar-refractivity contribution in [2.45, 2.75) is 6.92 Å². The van der Waals surface area contributed by atoms with Crippen LogP contribution < -0.4 is 4.65 Å². The van der Waals surface area contributed by atoms with Gasteiger partial charge in [-0.25, -0.2) is 24.9 Å². The summed E-state index contributed by atoms with van der Waals surface area (Å²) in [4.78, 5) is 23.9. The molecule has 0 saturated carbocycles. The van der Waals surface area contributed by atoms with E-state index >= 15 is 0 Å². The molecule has 2 N–H and O–H groups in total. The third-order valence-corrected chi connectivity index (χ3v) is 5.78. The Hall–Kier alpha value is -3.83. The van der Waals surface area contributed by atoms with Crippen LogP contribution in [0.4, 0.5) is 0 Å². The molecule has 0 atom stereocenters. The smallest absolute Gasteiger partial charge is 0.536 e. The summed E-state index contributed by atoms with van der Waals surface area (Å²) in [6.45, 7) is 2.00. The predicted molar refractivity (Wildman–Crippen MR) is 149 cm³/mol. The third-order valence-electron chi connectivity index (χ3n) is 4.95. The second-order valence-corrected chi connectivity index (χ2v) is 8.69. The first-order valence-corrected chi connectivity index (χ1v) is 12.0. The number of pyridine rings is 6. The van der Waals surface area contributed by atoms with E-state index in [4.69, 9.17) is 49.6 Å². The second kappa shape index (κ2) is 12.6. The minimum atomic E-state index is 0.129. The maximum Gasteiger partial charge on any atom is 0.569 e. The Bertz CT molecular complexity index is 1640. The number of aromatic nitrogens is 6. The summed E-state index contributed by atoms with van der Waals surface area (Å²) in [5.74, 6) is 0.576. The van der Waals surface area contributed by atoms with Gasteiger partial charge in [0, 0.05) is 40.9 Å². The van der Waals surface area contributed by atoms with Gasteiger partial charge in [0.25, 0.3) is 0 Å². The number of aryl methyl sites for hydroxylation is 1. The molecule has 0 aliphatic rings. The molecule has 0 unspecified atom stereocenters. The van der Waals surface area contributed by atoms with E-state index in [1.807, 2.05) is 19.1 Å². The summed E-state index contributed by atoms with van der Waals surface area (Å²) in [6.07, 6.45) is 9.44. The van der Waals surface area contributed by atoms with Crippen LogP contribution in [0.15, 0.2) is 73.6 Å². The lowest BCUT2D eigenvalue weighted by Crippen LogP contribution is -2.00. The molecule has 189 valence electrons. The van der Waals surface area contributed by atoms with Gasteiger partial charge < -0.3 is 14.8 Å². The second-order valence-electron chi connectivity index (χ2n) is 7.62. The molecular weight excluding hydrogens is 549 g/mol. The van der Waals surface area contributed by atoms with Crippen LogP contribution in [0.5, 0.6) is 11.5 Å².